The Bertz CT molecular complexity index is 743. The molecule has 0 fully saturated rings. The number of hydrogen-bond acceptors (Lipinski definition) is 5. The largest absolute Gasteiger partial charge is 0.478 e. The van der Waals surface area contributed by atoms with Gasteiger partial charge in [-0.15, -0.1) is 0 Å². The van der Waals surface area contributed by atoms with Crippen molar-refractivity contribution in [3.8, 4) is 0 Å². The molecule has 0 radical (unpaired) electrons. The average molecular weight is 337 g/mol. The van der Waals surface area contributed by atoms with Crippen molar-refractivity contribution in [3.63, 3.8) is 0 Å². The fourth-order valence-corrected chi connectivity index (χ4v) is 2.52. The molecule has 1 aliphatic heterocycles. The van der Waals surface area contributed by atoms with Gasteiger partial charge in [-0.2, -0.15) is 0 Å². The first-order chi connectivity index (χ1) is 10.7. The monoisotopic (exact) mass is 337 g/mol. The Morgan fingerprint density at radius 1 is 1.26 bits per heavy atom. The summed E-state index contributed by atoms with van der Waals surface area (Å²) in [5.41, 5.74) is 0.322. The topological polar surface area (TPSA) is 124 Å². The van der Waals surface area contributed by atoms with Gasteiger partial charge in [-0.1, -0.05) is 0 Å². The summed E-state index contributed by atoms with van der Waals surface area (Å²) in [4.78, 5) is 34.7. The Morgan fingerprint density at radius 3 is 2.26 bits per heavy atom. The second kappa shape index (κ2) is 6.01. The van der Waals surface area contributed by atoms with Gasteiger partial charge in [-0.3, -0.25) is 15.0 Å². The van der Waals surface area contributed by atoms with Crippen molar-refractivity contribution >= 4 is 40.8 Å². The molecule has 1 amide bonds. The Balaban J connectivity index is 2.54. The molecule has 2 rings (SSSR count). The molecule has 0 spiro atoms. The van der Waals surface area contributed by atoms with Crippen LogP contribution in [0.15, 0.2) is 35.5 Å². The van der Waals surface area contributed by atoms with Crippen molar-refractivity contribution in [3.05, 3.63) is 45.6 Å². The van der Waals surface area contributed by atoms with Crippen LogP contribution in [-0.2, 0) is 4.79 Å². The van der Waals surface area contributed by atoms with E-state index in [-0.39, 0.29) is 28.6 Å². The number of nitro benzene ring substituents is 1. The van der Waals surface area contributed by atoms with Crippen LogP contribution in [0.4, 0.5) is 16.2 Å². The predicted octanol–water partition coefficient (Wildman–Crippen LogP) is 2.04. The Labute approximate surface area is 135 Å². The minimum absolute atomic E-state index is 0.117. The smallest absolute Gasteiger partial charge is 0.413 e. The number of non-ortho nitro benzene ring substituents is 1. The molecule has 10 heteroatoms. The lowest BCUT2D eigenvalue weighted by molar-refractivity contribution is -0.384. The van der Waals surface area contributed by atoms with E-state index in [2.05, 4.69) is 0 Å². The molecule has 9 nitrogen and oxygen atoms in total. The van der Waals surface area contributed by atoms with Gasteiger partial charge in [0.1, 0.15) is 0 Å². The summed E-state index contributed by atoms with van der Waals surface area (Å²) in [7, 11) is 0. The number of anilines is 1. The van der Waals surface area contributed by atoms with Crippen LogP contribution in [0.2, 0.25) is 0 Å². The van der Waals surface area contributed by atoms with Gasteiger partial charge < -0.3 is 10.2 Å². The van der Waals surface area contributed by atoms with E-state index in [0.717, 1.165) is 4.90 Å². The first-order valence-electron chi connectivity index (χ1n) is 6.26. The number of thiocarbonyl (C=S) groups is 1. The summed E-state index contributed by atoms with van der Waals surface area (Å²) >= 11 is 5.12. The van der Waals surface area contributed by atoms with Gasteiger partial charge in [0.25, 0.3) is 5.69 Å². The first-order valence-corrected chi connectivity index (χ1v) is 6.67. The zero-order valence-corrected chi connectivity index (χ0v) is 12.6. The molecule has 1 aliphatic rings. The normalized spacial score (nSPS) is 14.9. The molecule has 0 saturated carbocycles. The van der Waals surface area contributed by atoms with E-state index < -0.39 is 17.0 Å². The lowest BCUT2D eigenvalue weighted by Crippen LogP contribution is -2.51. The van der Waals surface area contributed by atoms with Crippen molar-refractivity contribution in [2.24, 2.45) is 0 Å². The Hall–Kier alpha value is -3.01. The fraction of sp³-hybridized carbons (Fsp3) is 0.154. The number of carbonyl (C=O) groups is 2. The third kappa shape index (κ3) is 2.97. The van der Waals surface area contributed by atoms with E-state index in [1.54, 1.807) is 0 Å². The minimum Gasteiger partial charge on any atom is -0.478 e. The van der Waals surface area contributed by atoms with E-state index in [4.69, 9.17) is 12.2 Å². The molecule has 2 N–H and O–H groups in total. The molecule has 0 aromatic heterocycles. The maximum Gasteiger partial charge on any atom is 0.413 e. The van der Waals surface area contributed by atoms with Gasteiger partial charge in [-0.05, 0) is 31.3 Å². The van der Waals surface area contributed by atoms with Crippen LogP contribution in [0, 0.1) is 10.1 Å². The van der Waals surface area contributed by atoms with E-state index in [1.165, 1.54) is 36.1 Å². The summed E-state index contributed by atoms with van der Waals surface area (Å²) in [5, 5.41) is 29.0. The molecule has 0 unspecified atom stereocenters. The SMILES string of the molecule is CC1=C(C(=O)O)CN(C(=O)O)C(=S)N1c1ccc([N+](=O)[O-])cc1. The number of hydrogen-bond donors (Lipinski definition) is 2. The van der Waals surface area contributed by atoms with Gasteiger partial charge in [0.2, 0.25) is 0 Å². The highest BCUT2D eigenvalue weighted by molar-refractivity contribution is 7.80. The second-order valence-corrected chi connectivity index (χ2v) is 4.99. The highest BCUT2D eigenvalue weighted by Crippen LogP contribution is 2.29. The number of allylic oxidation sites excluding steroid dienone is 1. The standard InChI is InChI=1S/C13H11N3O6S/c1-7-10(11(17)18)6-14(13(19)20)12(23)15(7)8-2-4-9(5-3-8)16(21)22/h2-5H,6H2,1H3,(H,17,18)(H,19,20). The molecular formula is C13H11N3O6S. The van der Waals surface area contributed by atoms with Gasteiger partial charge in [0.05, 0.1) is 17.0 Å². The number of nitro groups is 1. The molecule has 1 heterocycles. The zero-order valence-electron chi connectivity index (χ0n) is 11.8. The van der Waals surface area contributed by atoms with E-state index in [0.29, 0.717) is 5.69 Å². The zero-order chi connectivity index (χ0) is 17.3. The molecule has 0 saturated heterocycles. The highest BCUT2D eigenvalue weighted by Gasteiger charge is 2.34. The lowest BCUT2D eigenvalue weighted by atomic mass is 10.1. The van der Waals surface area contributed by atoms with Crippen LogP contribution in [0.25, 0.3) is 0 Å². The number of carboxylic acids is 1. The third-order valence-electron chi connectivity index (χ3n) is 3.32. The van der Waals surface area contributed by atoms with E-state index >= 15 is 0 Å². The average Bonchev–Trinajstić information content (AvgIpc) is 2.47. The quantitative estimate of drug-likeness (QED) is 0.488. The summed E-state index contributed by atoms with van der Waals surface area (Å²) in [5.74, 6) is -1.26. The molecule has 1 aromatic carbocycles. The van der Waals surface area contributed by atoms with Crippen LogP contribution < -0.4 is 4.90 Å². The summed E-state index contributed by atoms with van der Waals surface area (Å²) in [6, 6.07) is 5.20. The summed E-state index contributed by atoms with van der Waals surface area (Å²) in [6.07, 6.45) is -1.38. The molecular weight excluding hydrogens is 326 g/mol. The number of rotatable bonds is 3. The summed E-state index contributed by atoms with van der Waals surface area (Å²) in [6.45, 7) is 1.13. The minimum atomic E-state index is -1.38. The van der Waals surface area contributed by atoms with Crippen molar-refractivity contribution in [2.45, 2.75) is 6.92 Å². The lowest BCUT2D eigenvalue weighted by Gasteiger charge is -2.36. The van der Waals surface area contributed by atoms with Crippen LogP contribution in [0.3, 0.4) is 0 Å². The van der Waals surface area contributed by atoms with Crippen LogP contribution in [-0.4, -0.2) is 43.8 Å². The van der Waals surface area contributed by atoms with Crippen molar-refractivity contribution < 1.29 is 24.7 Å². The van der Waals surface area contributed by atoms with Gasteiger partial charge in [0, 0.05) is 23.5 Å². The second-order valence-electron chi connectivity index (χ2n) is 4.63. The summed E-state index contributed by atoms with van der Waals surface area (Å²) < 4.78 is 0. The molecule has 0 bridgehead atoms. The maximum absolute atomic E-state index is 11.3. The molecule has 0 atom stereocenters. The van der Waals surface area contributed by atoms with Crippen molar-refractivity contribution in [1.82, 2.24) is 4.90 Å². The Kier molecular flexibility index (Phi) is 4.27. The van der Waals surface area contributed by atoms with E-state index in [9.17, 15) is 29.9 Å². The van der Waals surface area contributed by atoms with Crippen LogP contribution in [0.1, 0.15) is 6.92 Å². The third-order valence-corrected chi connectivity index (χ3v) is 3.72. The van der Waals surface area contributed by atoms with Crippen LogP contribution >= 0.6 is 12.2 Å². The maximum atomic E-state index is 11.3. The number of carboxylic acid groups (broad SMARTS) is 2. The van der Waals surface area contributed by atoms with Gasteiger partial charge in [0.15, 0.2) is 5.11 Å². The Morgan fingerprint density at radius 2 is 1.83 bits per heavy atom. The number of aliphatic carboxylic acids is 1. The van der Waals surface area contributed by atoms with Crippen molar-refractivity contribution in [2.75, 3.05) is 11.4 Å². The van der Waals surface area contributed by atoms with Gasteiger partial charge >= 0.3 is 12.1 Å². The number of benzene rings is 1. The van der Waals surface area contributed by atoms with Gasteiger partial charge in [-0.25, -0.2) is 14.5 Å². The number of nitrogens with zero attached hydrogens (tertiary/aromatic N) is 3. The number of amides is 1. The molecule has 1 aromatic rings. The fourth-order valence-electron chi connectivity index (χ4n) is 2.14. The highest BCUT2D eigenvalue weighted by atomic mass is 32.1. The predicted molar refractivity (Wildman–Crippen MR) is 83.2 cm³/mol. The molecule has 0 aliphatic carbocycles. The first kappa shape index (κ1) is 16.4. The molecule has 23 heavy (non-hydrogen) atoms. The van der Waals surface area contributed by atoms with Crippen molar-refractivity contribution in [1.29, 1.82) is 0 Å². The van der Waals surface area contributed by atoms with Crippen LogP contribution in [0.5, 0.6) is 0 Å². The molecule has 120 valence electrons. The van der Waals surface area contributed by atoms with E-state index in [1.807, 2.05) is 0 Å².